The maximum Gasteiger partial charge on any atom is 0.153 e. The van der Waals surface area contributed by atoms with Crippen LogP contribution >= 0.6 is 38.5 Å². The van der Waals surface area contributed by atoms with Crippen LogP contribution in [0.4, 0.5) is 14.5 Å². The van der Waals surface area contributed by atoms with Gasteiger partial charge in [0.25, 0.3) is 0 Å². The average Bonchev–Trinajstić information content (AvgIpc) is 2.31. The molecule has 2 rings (SSSR count). The van der Waals surface area contributed by atoms with Crippen LogP contribution in [0.25, 0.3) is 0 Å². The molecule has 0 aromatic heterocycles. The zero-order chi connectivity index (χ0) is 13.3. The fraction of sp³-hybridized carbons (Fsp3) is 0. The molecule has 18 heavy (non-hydrogen) atoms. The summed E-state index contributed by atoms with van der Waals surface area (Å²) in [6.07, 6.45) is 0. The summed E-state index contributed by atoms with van der Waals surface area (Å²) < 4.78 is 32.5. The van der Waals surface area contributed by atoms with E-state index in [-0.39, 0.29) is 10.2 Å². The highest BCUT2D eigenvalue weighted by Gasteiger charge is 2.09. The van der Waals surface area contributed by atoms with Crippen molar-refractivity contribution in [3.05, 3.63) is 50.0 Å². The molecule has 0 aliphatic rings. The van der Waals surface area contributed by atoms with Crippen LogP contribution < -0.4 is 10.5 Å². The molecule has 0 amide bonds. The zero-order valence-corrected chi connectivity index (χ0v) is 12.6. The summed E-state index contributed by atoms with van der Waals surface area (Å²) in [6.45, 7) is 0. The van der Waals surface area contributed by atoms with Crippen molar-refractivity contribution in [1.29, 1.82) is 0 Å². The van der Waals surface area contributed by atoms with Gasteiger partial charge in [0, 0.05) is 6.07 Å². The fourth-order valence-corrected chi connectivity index (χ4v) is 2.15. The highest BCUT2D eigenvalue weighted by molar-refractivity contribution is 14.1. The van der Waals surface area contributed by atoms with E-state index in [1.165, 1.54) is 30.3 Å². The normalized spacial score (nSPS) is 10.4. The van der Waals surface area contributed by atoms with Crippen LogP contribution in [-0.2, 0) is 0 Å². The van der Waals surface area contributed by atoms with Crippen LogP contribution in [0.3, 0.4) is 0 Å². The van der Waals surface area contributed by atoms with Crippen molar-refractivity contribution in [2.45, 2.75) is 0 Å². The number of hydrogen-bond acceptors (Lipinski definition) is 2. The van der Waals surface area contributed by atoms with Gasteiger partial charge in [-0.1, -0.05) is 0 Å². The second kappa shape index (κ2) is 5.40. The molecule has 0 spiro atoms. The maximum atomic E-state index is 13.4. The Bertz CT molecular complexity index is 607. The Morgan fingerprint density at radius 2 is 1.83 bits per heavy atom. The summed E-state index contributed by atoms with van der Waals surface area (Å²) in [6, 6.07) is 6.82. The summed E-state index contributed by atoms with van der Waals surface area (Å²) in [5.41, 5.74) is 6.04. The van der Waals surface area contributed by atoms with Crippen molar-refractivity contribution < 1.29 is 13.5 Å². The number of hydrogen-bond donors (Lipinski definition) is 1. The predicted octanol–water partition coefficient (Wildman–Crippen LogP) is 4.71. The van der Waals surface area contributed by atoms with Gasteiger partial charge in [0.1, 0.15) is 17.4 Å². The van der Waals surface area contributed by atoms with Gasteiger partial charge in [-0.2, -0.15) is 0 Å². The van der Waals surface area contributed by atoms with Crippen LogP contribution in [0.2, 0.25) is 0 Å². The van der Waals surface area contributed by atoms with Gasteiger partial charge in [-0.05, 0) is 62.8 Å². The first kappa shape index (κ1) is 13.5. The molecule has 2 N–H and O–H groups in total. The van der Waals surface area contributed by atoms with Gasteiger partial charge in [0.05, 0.1) is 13.7 Å². The predicted molar refractivity (Wildman–Crippen MR) is 77.7 cm³/mol. The van der Waals surface area contributed by atoms with Crippen molar-refractivity contribution in [2.75, 3.05) is 5.73 Å². The van der Waals surface area contributed by atoms with Gasteiger partial charge in [-0.3, -0.25) is 0 Å². The number of ether oxygens (including phenoxy) is 1. The van der Waals surface area contributed by atoms with E-state index >= 15 is 0 Å². The number of benzene rings is 2. The van der Waals surface area contributed by atoms with Crippen molar-refractivity contribution in [2.24, 2.45) is 0 Å². The Hall–Kier alpha value is -0.890. The first-order valence-electron chi connectivity index (χ1n) is 4.85. The third kappa shape index (κ3) is 2.92. The molecule has 0 aliphatic carbocycles. The van der Waals surface area contributed by atoms with Crippen molar-refractivity contribution in [1.82, 2.24) is 0 Å². The molecule has 2 aromatic carbocycles. The zero-order valence-electron chi connectivity index (χ0n) is 8.88. The van der Waals surface area contributed by atoms with Crippen LogP contribution in [0, 0.1) is 15.2 Å². The summed E-state index contributed by atoms with van der Waals surface area (Å²) in [5, 5.41) is 0. The molecular formula is C12H7BrF2INO. The lowest BCUT2D eigenvalue weighted by Gasteiger charge is -2.10. The van der Waals surface area contributed by atoms with Gasteiger partial charge in [0.15, 0.2) is 5.75 Å². The minimum Gasteiger partial charge on any atom is -0.455 e. The molecule has 94 valence electrons. The largest absolute Gasteiger partial charge is 0.455 e. The Kier molecular flexibility index (Phi) is 4.06. The monoisotopic (exact) mass is 425 g/mol. The van der Waals surface area contributed by atoms with E-state index in [1.54, 1.807) is 0 Å². The minimum atomic E-state index is -0.416. The first-order valence-corrected chi connectivity index (χ1v) is 6.72. The molecule has 0 bridgehead atoms. The molecule has 6 heteroatoms. The number of nitrogens with two attached hydrogens (primary N) is 1. The van der Waals surface area contributed by atoms with Crippen LogP contribution in [0.15, 0.2) is 34.8 Å². The minimum absolute atomic E-state index is 0.200. The van der Waals surface area contributed by atoms with E-state index < -0.39 is 11.6 Å². The number of rotatable bonds is 2. The van der Waals surface area contributed by atoms with E-state index in [9.17, 15) is 8.78 Å². The molecule has 0 saturated carbocycles. The first-order chi connectivity index (χ1) is 8.47. The Morgan fingerprint density at radius 1 is 1.11 bits per heavy atom. The SMILES string of the molecule is Nc1cc(I)c(F)cc1Oc1ccc(F)c(Br)c1. The summed E-state index contributed by atoms with van der Waals surface area (Å²) in [7, 11) is 0. The Morgan fingerprint density at radius 3 is 2.50 bits per heavy atom. The molecule has 0 atom stereocenters. The van der Waals surface area contributed by atoms with E-state index in [4.69, 9.17) is 10.5 Å². The molecule has 2 nitrogen and oxygen atoms in total. The molecule has 0 heterocycles. The lowest BCUT2D eigenvalue weighted by atomic mass is 10.3. The van der Waals surface area contributed by atoms with E-state index in [0.29, 0.717) is 15.0 Å². The van der Waals surface area contributed by atoms with Crippen molar-refractivity contribution in [3.8, 4) is 11.5 Å². The van der Waals surface area contributed by atoms with E-state index in [1.807, 2.05) is 22.6 Å². The molecule has 0 fully saturated rings. The number of halogens is 4. The van der Waals surface area contributed by atoms with Crippen molar-refractivity contribution >= 4 is 44.2 Å². The standard InChI is InChI=1S/C12H7BrF2INO/c13-7-3-6(1-2-8(7)14)18-12-4-9(15)10(16)5-11(12)17/h1-5H,17H2. The quantitative estimate of drug-likeness (QED) is 0.558. The van der Waals surface area contributed by atoms with Crippen LogP contribution in [0.5, 0.6) is 11.5 Å². The summed E-state index contributed by atoms with van der Waals surface area (Å²) >= 11 is 4.88. The molecular weight excluding hydrogens is 419 g/mol. The van der Waals surface area contributed by atoms with Gasteiger partial charge in [-0.15, -0.1) is 0 Å². The highest BCUT2D eigenvalue weighted by Crippen LogP contribution is 2.32. The highest BCUT2D eigenvalue weighted by atomic mass is 127. The average molecular weight is 426 g/mol. The van der Waals surface area contributed by atoms with Crippen molar-refractivity contribution in [3.63, 3.8) is 0 Å². The van der Waals surface area contributed by atoms with Gasteiger partial charge in [0.2, 0.25) is 0 Å². The smallest absolute Gasteiger partial charge is 0.153 e. The number of nitrogen functional groups attached to an aromatic ring is 1. The molecule has 2 aromatic rings. The summed E-state index contributed by atoms with van der Waals surface area (Å²) in [5.74, 6) is -0.243. The lowest BCUT2D eigenvalue weighted by Crippen LogP contribution is -1.95. The lowest BCUT2D eigenvalue weighted by molar-refractivity contribution is 0.476. The van der Waals surface area contributed by atoms with E-state index in [2.05, 4.69) is 15.9 Å². The summed E-state index contributed by atoms with van der Waals surface area (Å²) in [4.78, 5) is 0. The van der Waals surface area contributed by atoms with Gasteiger partial charge < -0.3 is 10.5 Å². The maximum absolute atomic E-state index is 13.4. The molecule has 0 saturated heterocycles. The third-order valence-electron chi connectivity index (χ3n) is 2.17. The fourth-order valence-electron chi connectivity index (χ4n) is 1.30. The van der Waals surface area contributed by atoms with Crippen LogP contribution in [0.1, 0.15) is 0 Å². The van der Waals surface area contributed by atoms with Crippen LogP contribution in [-0.4, -0.2) is 0 Å². The van der Waals surface area contributed by atoms with E-state index in [0.717, 1.165) is 0 Å². The second-order valence-electron chi connectivity index (χ2n) is 3.48. The Labute approximate surface area is 124 Å². The molecule has 0 aliphatic heterocycles. The second-order valence-corrected chi connectivity index (χ2v) is 5.50. The molecule has 0 radical (unpaired) electrons. The topological polar surface area (TPSA) is 35.2 Å². The van der Waals surface area contributed by atoms with Gasteiger partial charge in [-0.25, -0.2) is 8.78 Å². The molecule has 0 unspecified atom stereocenters. The van der Waals surface area contributed by atoms with Gasteiger partial charge >= 0.3 is 0 Å². The Balaban J connectivity index is 2.34. The third-order valence-corrected chi connectivity index (χ3v) is 3.61. The number of anilines is 1.